The summed E-state index contributed by atoms with van der Waals surface area (Å²) in [4.78, 5) is 30.5. The van der Waals surface area contributed by atoms with Crippen molar-refractivity contribution in [2.24, 2.45) is 5.73 Å². The van der Waals surface area contributed by atoms with Crippen LogP contribution in [-0.2, 0) is 14.4 Å². The molecule has 0 aromatic carbocycles. The van der Waals surface area contributed by atoms with Crippen molar-refractivity contribution in [1.82, 2.24) is 0 Å². The molecule has 4 N–H and O–H groups in total. The van der Waals surface area contributed by atoms with Gasteiger partial charge >= 0.3 is 11.9 Å². The maximum Gasteiger partial charge on any atom is 0.325 e. The number of carboxylic acids is 2. The molecule has 0 saturated heterocycles. The SMILES string of the molecule is NC(C(=O)O)C(=C=O)CCC(=O)O. The monoisotopic (exact) mass is 187 g/mol. The number of aliphatic carboxylic acids is 2. The van der Waals surface area contributed by atoms with Crippen LogP contribution in [0.15, 0.2) is 5.57 Å². The van der Waals surface area contributed by atoms with Crippen LogP contribution in [0.25, 0.3) is 0 Å². The van der Waals surface area contributed by atoms with Crippen LogP contribution in [-0.4, -0.2) is 34.1 Å². The summed E-state index contributed by atoms with van der Waals surface area (Å²) in [5.74, 6) is -1.16. The lowest BCUT2D eigenvalue weighted by molar-refractivity contribution is -0.139. The van der Waals surface area contributed by atoms with Crippen LogP contribution in [0.1, 0.15) is 12.8 Å². The molecule has 0 aromatic rings. The Morgan fingerprint density at radius 1 is 1.31 bits per heavy atom. The van der Waals surface area contributed by atoms with Crippen LogP contribution in [0.5, 0.6) is 0 Å². The normalized spacial score (nSPS) is 11.5. The van der Waals surface area contributed by atoms with Gasteiger partial charge in [0.1, 0.15) is 12.0 Å². The molecule has 0 fully saturated rings. The van der Waals surface area contributed by atoms with Gasteiger partial charge in [-0.1, -0.05) is 0 Å². The third kappa shape index (κ3) is 4.05. The van der Waals surface area contributed by atoms with Crippen molar-refractivity contribution in [3.05, 3.63) is 5.57 Å². The maximum absolute atomic E-state index is 10.3. The summed E-state index contributed by atoms with van der Waals surface area (Å²) in [5, 5.41) is 16.6. The second-order valence-electron chi connectivity index (χ2n) is 2.34. The number of rotatable bonds is 5. The first-order valence-electron chi connectivity index (χ1n) is 3.43. The standard InChI is InChI=1S/C7H9NO5/c8-6(7(12)13)4(3-9)1-2-5(10)11/h6H,1-2,8H2,(H,10,11)(H,12,13). The van der Waals surface area contributed by atoms with Gasteiger partial charge in [-0.25, -0.2) is 4.79 Å². The highest BCUT2D eigenvalue weighted by Gasteiger charge is 2.18. The summed E-state index contributed by atoms with van der Waals surface area (Å²) in [6, 6.07) is -1.46. The van der Waals surface area contributed by atoms with Gasteiger partial charge in [-0.2, -0.15) is 0 Å². The average Bonchev–Trinajstić information content (AvgIpc) is 2.04. The zero-order valence-corrected chi connectivity index (χ0v) is 6.69. The van der Waals surface area contributed by atoms with Crippen LogP contribution in [0.3, 0.4) is 0 Å². The van der Waals surface area contributed by atoms with Crippen LogP contribution in [0.2, 0.25) is 0 Å². The van der Waals surface area contributed by atoms with Gasteiger partial charge in [0.15, 0.2) is 0 Å². The fraction of sp³-hybridized carbons (Fsp3) is 0.429. The summed E-state index contributed by atoms with van der Waals surface area (Å²) >= 11 is 0. The largest absolute Gasteiger partial charge is 0.481 e. The molecule has 0 aliphatic carbocycles. The van der Waals surface area contributed by atoms with E-state index in [4.69, 9.17) is 15.9 Å². The predicted octanol–water partition coefficient (Wildman–Crippen LogP) is -0.979. The number of hydrogen-bond acceptors (Lipinski definition) is 4. The van der Waals surface area contributed by atoms with E-state index in [0.29, 0.717) is 0 Å². The highest BCUT2D eigenvalue weighted by Crippen LogP contribution is 2.05. The van der Waals surface area contributed by atoms with Crippen molar-refractivity contribution >= 4 is 17.9 Å². The van der Waals surface area contributed by atoms with E-state index in [-0.39, 0.29) is 18.4 Å². The Balaban J connectivity index is 4.29. The topological polar surface area (TPSA) is 118 Å². The first-order chi connectivity index (χ1) is 5.99. The molecule has 1 atom stereocenters. The quantitative estimate of drug-likeness (QED) is 0.476. The Hall–Kier alpha value is -1.65. The second kappa shape index (κ2) is 5.08. The highest BCUT2D eigenvalue weighted by atomic mass is 16.4. The van der Waals surface area contributed by atoms with E-state index in [2.05, 4.69) is 0 Å². The van der Waals surface area contributed by atoms with Crippen LogP contribution < -0.4 is 5.73 Å². The minimum absolute atomic E-state index is 0.188. The molecule has 0 spiro atoms. The molecule has 0 aliphatic heterocycles. The smallest absolute Gasteiger partial charge is 0.325 e. The molecule has 1 unspecified atom stereocenters. The van der Waals surface area contributed by atoms with Crippen molar-refractivity contribution in [2.45, 2.75) is 18.9 Å². The maximum atomic E-state index is 10.3. The summed E-state index contributed by atoms with van der Waals surface area (Å²) < 4.78 is 0. The van der Waals surface area contributed by atoms with Crippen molar-refractivity contribution in [1.29, 1.82) is 0 Å². The Morgan fingerprint density at radius 2 is 1.85 bits per heavy atom. The number of carbonyl (C=O) groups is 2. The zero-order valence-electron chi connectivity index (χ0n) is 6.69. The van der Waals surface area contributed by atoms with Crippen molar-refractivity contribution in [3.8, 4) is 0 Å². The van der Waals surface area contributed by atoms with Crippen LogP contribution in [0, 0.1) is 0 Å². The van der Waals surface area contributed by atoms with E-state index in [9.17, 15) is 14.4 Å². The van der Waals surface area contributed by atoms with Gasteiger partial charge in [-0.3, -0.25) is 9.59 Å². The van der Waals surface area contributed by atoms with Gasteiger partial charge in [0.25, 0.3) is 0 Å². The lowest BCUT2D eigenvalue weighted by Gasteiger charge is -2.05. The van der Waals surface area contributed by atoms with Gasteiger partial charge in [-0.05, 0) is 6.42 Å². The molecule has 0 aromatic heterocycles. The number of hydrogen-bond donors (Lipinski definition) is 3. The number of nitrogens with two attached hydrogens (primary N) is 1. The Labute approximate surface area is 73.7 Å². The molecule has 0 aliphatic rings. The third-order valence-electron chi connectivity index (χ3n) is 1.38. The number of carbonyl (C=O) groups excluding carboxylic acids is 1. The lowest BCUT2D eigenvalue weighted by atomic mass is 10.0. The van der Waals surface area contributed by atoms with E-state index in [0.717, 1.165) is 0 Å². The van der Waals surface area contributed by atoms with E-state index < -0.39 is 18.0 Å². The van der Waals surface area contributed by atoms with Crippen LogP contribution >= 0.6 is 0 Å². The fourth-order valence-electron chi connectivity index (χ4n) is 0.661. The van der Waals surface area contributed by atoms with E-state index >= 15 is 0 Å². The molecule has 6 nitrogen and oxygen atoms in total. The Kier molecular flexibility index (Phi) is 4.43. The third-order valence-corrected chi connectivity index (χ3v) is 1.38. The van der Waals surface area contributed by atoms with Gasteiger partial charge in [0.05, 0.1) is 0 Å². The molecular weight excluding hydrogens is 178 g/mol. The number of carboxylic acid groups (broad SMARTS) is 2. The van der Waals surface area contributed by atoms with E-state index in [1.54, 1.807) is 0 Å². The van der Waals surface area contributed by atoms with E-state index in [1.807, 2.05) is 0 Å². The van der Waals surface area contributed by atoms with Gasteiger partial charge < -0.3 is 15.9 Å². The molecule has 0 saturated carbocycles. The summed E-state index contributed by atoms with van der Waals surface area (Å²) in [5.41, 5.74) is 4.82. The Bertz CT molecular complexity index is 266. The van der Waals surface area contributed by atoms with Gasteiger partial charge in [0, 0.05) is 12.0 Å². The van der Waals surface area contributed by atoms with Crippen LogP contribution in [0.4, 0.5) is 0 Å². The minimum Gasteiger partial charge on any atom is -0.481 e. The van der Waals surface area contributed by atoms with Gasteiger partial charge in [0.2, 0.25) is 0 Å². The van der Waals surface area contributed by atoms with Crippen molar-refractivity contribution < 1.29 is 24.6 Å². The molecule has 13 heavy (non-hydrogen) atoms. The fourth-order valence-corrected chi connectivity index (χ4v) is 0.661. The summed E-state index contributed by atoms with van der Waals surface area (Å²) in [6.45, 7) is 0. The van der Waals surface area contributed by atoms with E-state index in [1.165, 1.54) is 5.94 Å². The molecule has 6 heteroatoms. The molecule has 0 heterocycles. The molecule has 72 valence electrons. The van der Waals surface area contributed by atoms with Crippen molar-refractivity contribution in [3.63, 3.8) is 0 Å². The lowest BCUT2D eigenvalue weighted by Crippen LogP contribution is -2.32. The first kappa shape index (κ1) is 11.4. The summed E-state index contributed by atoms with van der Waals surface area (Å²) in [7, 11) is 0. The molecule has 0 bridgehead atoms. The van der Waals surface area contributed by atoms with Crippen molar-refractivity contribution in [2.75, 3.05) is 0 Å². The molecule has 0 rings (SSSR count). The predicted molar refractivity (Wildman–Crippen MR) is 41.7 cm³/mol. The zero-order chi connectivity index (χ0) is 10.4. The average molecular weight is 187 g/mol. The van der Waals surface area contributed by atoms with Gasteiger partial charge in [-0.15, -0.1) is 0 Å². The molecule has 0 radical (unpaired) electrons. The molecular formula is C7H9NO5. The second-order valence-corrected chi connectivity index (χ2v) is 2.34. The highest BCUT2D eigenvalue weighted by molar-refractivity contribution is 5.81. The molecule has 0 amide bonds. The Morgan fingerprint density at radius 3 is 2.15 bits per heavy atom. The minimum atomic E-state index is -1.46. The first-order valence-corrected chi connectivity index (χ1v) is 3.43. The summed E-state index contributed by atoms with van der Waals surface area (Å²) in [6.07, 6.45) is -0.516.